The smallest absolute Gasteiger partial charge is 0.257 e. The van der Waals surface area contributed by atoms with Crippen LogP contribution in [0.1, 0.15) is 10.4 Å². The molecule has 1 rings (SSSR count). The van der Waals surface area contributed by atoms with Gasteiger partial charge >= 0.3 is 0 Å². The van der Waals surface area contributed by atoms with Crippen LogP contribution in [0.2, 0.25) is 0 Å². The van der Waals surface area contributed by atoms with E-state index < -0.39 is 18.9 Å². The first-order valence-corrected chi connectivity index (χ1v) is 5.25. The fraction of sp³-hybridized carbons (Fsp3) is 0.364. The summed E-state index contributed by atoms with van der Waals surface area (Å²) in [7, 11) is 0. The Morgan fingerprint density at radius 2 is 2.06 bits per heavy atom. The Kier molecular flexibility index (Phi) is 4.85. The SMILES string of the molecule is NCCN(CC(F)F)C(=O)c1cc(O)ccc1O. The molecule has 1 aromatic carbocycles. The maximum atomic E-state index is 12.3. The van der Waals surface area contributed by atoms with Gasteiger partial charge in [-0.1, -0.05) is 0 Å². The number of alkyl halides is 2. The van der Waals surface area contributed by atoms with Crippen molar-refractivity contribution in [1.82, 2.24) is 4.90 Å². The van der Waals surface area contributed by atoms with E-state index in [1.807, 2.05) is 0 Å². The quantitative estimate of drug-likeness (QED) is 0.682. The lowest BCUT2D eigenvalue weighted by Crippen LogP contribution is -2.38. The first-order chi connectivity index (χ1) is 8.45. The molecule has 1 aromatic rings. The normalized spacial score (nSPS) is 10.7. The van der Waals surface area contributed by atoms with Crippen molar-refractivity contribution in [3.05, 3.63) is 23.8 Å². The van der Waals surface area contributed by atoms with Crippen LogP contribution in [-0.2, 0) is 0 Å². The van der Waals surface area contributed by atoms with Crippen molar-refractivity contribution in [2.45, 2.75) is 6.43 Å². The highest BCUT2D eigenvalue weighted by molar-refractivity contribution is 5.97. The molecule has 0 saturated heterocycles. The summed E-state index contributed by atoms with van der Waals surface area (Å²) in [5.41, 5.74) is 5.01. The number of aromatic hydroxyl groups is 2. The fourth-order valence-corrected chi connectivity index (χ4v) is 1.46. The first kappa shape index (κ1) is 14.2. The molecule has 7 heteroatoms. The molecule has 0 saturated carbocycles. The highest BCUT2D eigenvalue weighted by Crippen LogP contribution is 2.23. The van der Waals surface area contributed by atoms with Gasteiger partial charge in [-0.15, -0.1) is 0 Å². The van der Waals surface area contributed by atoms with Gasteiger partial charge in [0, 0.05) is 13.1 Å². The Balaban J connectivity index is 2.97. The van der Waals surface area contributed by atoms with Crippen molar-refractivity contribution < 1.29 is 23.8 Å². The lowest BCUT2D eigenvalue weighted by Gasteiger charge is -2.22. The van der Waals surface area contributed by atoms with E-state index in [1.54, 1.807) is 0 Å². The summed E-state index contributed by atoms with van der Waals surface area (Å²) in [5, 5.41) is 18.7. The van der Waals surface area contributed by atoms with Gasteiger partial charge in [0.1, 0.15) is 11.5 Å². The van der Waals surface area contributed by atoms with Crippen LogP contribution in [0.5, 0.6) is 11.5 Å². The van der Waals surface area contributed by atoms with Crippen LogP contribution in [0.25, 0.3) is 0 Å². The number of hydrogen-bond acceptors (Lipinski definition) is 4. The third kappa shape index (κ3) is 3.56. The van der Waals surface area contributed by atoms with Crippen molar-refractivity contribution in [3.8, 4) is 11.5 Å². The van der Waals surface area contributed by atoms with Crippen LogP contribution in [0, 0.1) is 0 Å². The second-order valence-corrected chi connectivity index (χ2v) is 3.63. The van der Waals surface area contributed by atoms with Gasteiger partial charge in [0.05, 0.1) is 12.1 Å². The third-order valence-electron chi connectivity index (χ3n) is 2.26. The molecule has 4 N–H and O–H groups in total. The van der Waals surface area contributed by atoms with E-state index in [0.717, 1.165) is 17.0 Å². The van der Waals surface area contributed by atoms with Crippen LogP contribution in [0.15, 0.2) is 18.2 Å². The highest BCUT2D eigenvalue weighted by Gasteiger charge is 2.21. The maximum absolute atomic E-state index is 12.3. The second-order valence-electron chi connectivity index (χ2n) is 3.63. The monoisotopic (exact) mass is 260 g/mol. The number of amides is 1. The molecule has 0 radical (unpaired) electrons. The number of hydrogen-bond donors (Lipinski definition) is 3. The summed E-state index contributed by atoms with van der Waals surface area (Å²) >= 11 is 0. The highest BCUT2D eigenvalue weighted by atomic mass is 19.3. The second kappa shape index (κ2) is 6.15. The summed E-state index contributed by atoms with van der Waals surface area (Å²) in [4.78, 5) is 12.7. The minimum Gasteiger partial charge on any atom is -0.508 e. The van der Waals surface area contributed by atoms with Crippen LogP contribution in [-0.4, -0.2) is 47.1 Å². The van der Waals surface area contributed by atoms with Gasteiger partial charge in [0.15, 0.2) is 0 Å². The van der Waals surface area contributed by atoms with Gasteiger partial charge in [0.25, 0.3) is 12.3 Å². The average molecular weight is 260 g/mol. The number of carbonyl (C=O) groups is 1. The summed E-state index contributed by atoms with van der Waals surface area (Å²) in [6.07, 6.45) is -2.69. The van der Waals surface area contributed by atoms with Crippen LogP contribution in [0.4, 0.5) is 8.78 Å². The van der Waals surface area contributed by atoms with Crippen molar-refractivity contribution in [3.63, 3.8) is 0 Å². The number of nitrogens with zero attached hydrogens (tertiary/aromatic N) is 1. The molecule has 5 nitrogen and oxygen atoms in total. The summed E-state index contributed by atoms with van der Waals surface area (Å²) in [6, 6.07) is 3.32. The van der Waals surface area contributed by atoms with E-state index in [2.05, 4.69) is 0 Å². The molecule has 0 aliphatic rings. The molecule has 100 valence electrons. The fourth-order valence-electron chi connectivity index (χ4n) is 1.46. The van der Waals surface area contributed by atoms with Gasteiger partial charge in [-0.3, -0.25) is 4.79 Å². The Morgan fingerprint density at radius 3 is 2.61 bits per heavy atom. The summed E-state index contributed by atoms with van der Waals surface area (Å²) in [6.45, 7) is -0.804. The lowest BCUT2D eigenvalue weighted by molar-refractivity contribution is 0.0560. The number of benzene rings is 1. The largest absolute Gasteiger partial charge is 0.508 e. The van der Waals surface area contributed by atoms with E-state index >= 15 is 0 Å². The molecular formula is C11H14F2N2O3. The third-order valence-corrected chi connectivity index (χ3v) is 2.26. The molecule has 0 aliphatic carbocycles. The molecule has 0 fully saturated rings. The molecule has 18 heavy (non-hydrogen) atoms. The molecule has 0 aliphatic heterocycles. The van der Waals surface area contributed by atoms with Gasteiger partial charge in [0.2, 0.25) is 0 Å². The van der Waals surface area contributed by atoms with Crippen molar-refractivity contribution in [1.29, 1.82) is 0 Å². The van der Waals surface area contributed by atoms with Gasteiger partial charge in [-0.2, -0.15) is 0 Å². The lowest BCUT2D eigenvalue weighted by atomic mass is 10.1. The maximum Gasteiger partial charge on any atom is 0.257 e. The number of carbonyl (C=O) groups excluding carboxylic acids is 1. The van der Waals surface area contributed by atoms with E-state index in [-0.39, 0.29) is 30.2 Å². The summed E-state index contributed by atoms with van der Waals surface area (Å²) in [5.74, 6) is -1.41. The topological polar surface area (TPSA) is 86.8 Å². The molecule has 0 spiro atoms. The number of rotatable bonds is 5. The van der Waals surface area contributed by atoms with Gasteiger partial charge in [-0.05, 0) is 18.2 Å². The Labute approximate surface area is 102 Å². The van der Waals surface area contributed by atoms with Crippen molar-refractivity contribution >= 4 is 5.91 Å². The van der Waals surface area contributed by atoms with E-state index in [4.69, 9.17) is 5.73 Å². The first-order valence-electron chi connectivity index (χ1n) is 5.25. The van der Waals surface area contributed by atoms with Gasteiger partial charge < -0.3 is 20.8 Å². The zero-order chi connectivity index (χ0) is 13.7. The minimum atomic E-state index is -2.69. The average Bonchev–Trinajstić information content (AvgIpc) is 2.30. The number of halogens is 2. The van der Waals surface area contributed by atoms with Crippen molar-refractivity contribution in [2.24, 2.45) is 5.73 Å². The number of phenolic OH excluding ortho intramolecular Hbond substituents is 2. The Morgan fingerprint density at radius 1 is 1.39 bits per heavy atom. The zero-order valence-electron chi connectivity index (χ0n) is 9.51. The predicted octanol–water partition coefficient (Wildman–Crippen LogP) is 0.764. The number of phenols is 2. The van der Waals surface area contributed by atoms with E-state index in [1.165, 1.54) is 6.07 Å². The summed E-state index contributed by atoms with van der Waals surface area (Å²) < 4.78 is 24.6. The van der Waals surface area contributed by atoms with Gasteiger partial charge in [-0.25, -0.2) is 8.78 Å². The molecule has 0 unspecified atom stereocenters. The molecular weight excluding hydrogens is 246 g/mol. The number of nitrogens with two attached hydrogens (primary N) is 1. The van der Waals surface area contributed by atoms with Crippen molar-refractivity contribution in [2.75, 3.05) is 19.6 Å². The minimum absolute atomic E-state index is 0.0258. The Hall–Kier alpha value is -1.89. The molecule has 0 heterocycles. The molecule has 0 atom stereocenters. The predicted molar refractivity (Wildman–Crippen MR) is 60.7 cm³/mol. The molecule has 1 amide bonds. The Bertz CT molecular complexity index is 427. The molecule has 0 aromatic heterocycles. The molecule has 0 bridgehead atoms. The standard InChI is InChI=1S/C11H14F2N2O3/c12-10(13)6-15(4-3-14)11(18)8-5-7(16)1-2-9(8)17/h1-2,5,10,16-17H,3-4,6,14H2. The van der Waals surface area contributed by atoms with Crippen LogP contribution < -0.4 is 5.73 Å². The van der Waals surface area contributed by atoms with E-state index in [9.17, 15) is 23.8 Å². The zero-order valence-corrected chi connectivity index (χ0v) is 9.51. The van der Waals surface area contributed by atoms with Crippen LogP contribution in [0.3, 0.4) is 0 Å². The van der Waals surface area contributed by atoms with E-state index in [0.29, 0.717) is 0 Å². The van der Waals surface area contributed by atoms with Crippen LogP contribution >= 0.6 is 0 Å².